The van der Waals surface area contributed by atoms with Crippen molar-refractivity contribution in [1.82, 2.24) is 34.9 Å². The molecular formula is C73H66F4N8O8S2. The van der Waals surface area contributed by atoms with E-state index in [9.17, 15) is 20.1 Å². The fraction of sp³-hybridized carbons (Fsp3) is 0.274. The molecule has 6 N–H and O–H groups in total. The van der Waals surface area contributed by atoms with E-state index in [0.717, 1.165) is 49.1 Å². The van der Waals surface area contributed by atoms with Gasteiger partial charge in [-0.15, -0.1) is 5.10 Å². The maximum atomic E-state index is 17.1. The van der Waals surface area contributed by atoms with E-state index in [2.05, 4.69) is 25.6 Å². The highest BCUT2D eigenvalue weighted by atomic mass is 33.1. The summed E-state index contributed by atoms with van der Waals surface area (Å²) in [5.41, 5.74) is 6.76. The van der Waals surface area contributed by atoms with Crippen LogP contribution in [0.3, 0.4) is 0 Å². The van der Waals surface area contributed by atoms with Crippen molar-refractivity contribution in [1.29, 1.82) is 0 Å². The monoisotopic (exact) mass is 1320 g/mol. The summed E-state index contributed by atoms with van der Waals surface area (Å²) < 4.78 is 92.7. The Balaban J connectivity index is 0.629. The third kappa shape index (κ3) is 13.4. The van der Waals surface area contributed by atoms with Crippen molar-refractivity contribution in [2.75, 3.05) is 43.2 Å². The van der Waals surface area contributed by atoms with E-state index in [4.69, 9.17) is 28.9 Å². The molecule has 5 aliphatic rings. The van der Waals surface area contributed by atoms with E-state index < -0.39 is 34.5 Å². The van der Waals surface area contributed by atoms with Crippen molar-refractivity contribution in [3.63, 3.8) is 0 Å². The quantitative estimate of drug-likeness (QED) is 0.0130. The highest BCUT2D eigenvalue weighted by Gasteiger charge is 2.50. The number of esters is 1. The zero-order valence-electron chi connectivity index (χ0n) is 51.6. The lowest BCUT2D eigenvalue weighted by atomic mass is 10.0. The van der Waals surface area contributed by atoms with Crippen LogP contribution in [-0.2, 0) is 38.4 Å². The van der Waals surface area contributed by atoms with Crippen molar-refractivity contribution in [3.05, 3.63) is 184 Å². The van der Waals surface area contributed by atoms with Gasteiger partial charge in [-0.2, -0.15) is 0 Å². The second kappa shape index (κ2) is 27.5. The van der Waals surface area contributed by atoms with Crippen LogP contribution in [0.25, 0.3) is 90.9 Å². The number of fused-ring (bicyclic) bond motifs is 10. The van der Waals surface area contributed by atoms with Gasteiger partial charge in [-0.1, -0.05) is 75.3 Å². The molecule has 0 radical (unpaired) electrons. The number of carbonyl (C=O) groups excluding carboxylic acids is 1. The number of H-pyrrole nitrogens is 2. The third-order valence-corrected chi connectivity index (χ3v) is 20.4. The summed E-state index contributed by atoms with van der Waals surface area (Å²) in [6.45, 7) is 4.15. The number of phenolic OH excluding ortho intramolecular Hbond substituents is 3. The van der Waals surface area contributed by atoms with Crippen molar-refractivity contribution in [2.45, 2.75) is 70.8 Å². The molecule has 5 aromatic carbocycles. The molecule has 95 heavy (non-hydrogen) atoms. The number of rotatable bonds is 21. The second-order valence-corrected chi connectivity index (χ2v) is 26.9. The van der Waals surface area contributed by atoms with Gasteiger partial charge in [-0.25, -0.2) is 32.2 Å². The minimum Gasteiger partial charge on any atom is -0.508 e. The molecule has 0 spiro atoms. The smallest absolute Gasteiger partial charge is 0.305 e. The first-order valence-electron chi connectivity index (χ1n) is 31.8. The summed E-state index contributed by atoms with van der Waals surface area (Å²) in [6.07, 6.45) is 11.7. The number of carbonyl (C=O) groups is 1. The topological polar surface area (TPSA) is 215 Å². The summed E-state index contributed by atoms with van der Waals surface area (Å²) in [7, 11) is 2.85. The Bertz CT molecular complexity index is 4580. The van der Waals surface area contributed by atoms with Crippen LogP contribution in [0, 0.1) is 41.0 Å². The molecule has 2 unspecified atom stereocenters. The fourth-order valence-corrected chi connectivity index (χ4v) is 15.3. The molecule has 1 saturated heterocycles. The van der Waals surface area contributed by atoms with Crippen LogP contribution < -0.4 is 10.1 Å². The largest absolute Gasteiger partial charge is 0.508 e. The minimum atomic E-state index is -1.66. The predicted molar refractivity (Wildman–Crippen MR) is 362 cm³/mol. The maximum Gasteiger partial charge on any atom is 0.305 e. The van der Waals surface area contributed by atoms with Gasteiger partial charge in [-0.3, -0.25) is 4.79 Å². The fourth-order valence-electron chi connectivity index (χ4n) is 13.3. The van der Waals surface area contributed by atoms with Crippen molar-refractivity contribution >= 4 is 79.6 Å². The maximum absolute atomic E-state index is 17.1. The number of benzene rings is 5. The normalized spacial score (nSPS) is 17.9. The molecule has 3 aliphatic heterocycles. The van der Waals surface area contributed by atoms with Crippen molar-refractivity contribution in [3.8, 4) is 67.5 Å². The first-order chi connectivity index (χ1) is 46.3. The van der Waals surface area contributed by atoms with E-state index >= 15 is 17.6 Å². The molecule has 4 aromatic heterocycles. The Kier molecular flexibility index (Phi) is 18.3. The molecule has 9 aromatic rings. The number of ether oxygens (including phenoxy) is 4. The van der Waals surface area contributed by atoms with Crippen molar-refractivity contribution in [2.24, 2.45) is 17.8 Å². The summed E-state index contributed by atoms with van der Waals surface area (Å²) in [6, 6.07) is 34.3. The van der Waals surface area contributed by atoms with Crippen LogP contribution in [0.2, 0.25) is 0 Å². The number of aromatic nitrogens is 7. The molecule has 2 aliphatic carbocycles. The molecule has 5 atom stereocenters. The lowest BCUT2D eigenvalue weighted by Gasteiger charge is -2.14. The van der Waals surface area contributed by atoms with E-state index in [-0.39, 0.29) is 71.0 Å². The number of halogens is 4. The third-order valence-electron chi connectivity index (χ3n) is 17.9. The zero-order chi connectivity index (χ0) is 65.3. The van der Waals surface area contributed by atoms with E-state index in [0.29, 0.717) is 123 Å². The standard InChI is InChI=1S/C73H66F4N8O8S2/c1-40-38-92-73(93-40)41-14-16-48(17-15-41)90-32-6-31-85-61-29-19-50-49(18-20-52(61)83-84-85)51(50)39-91-62(89)13-5-33-94-95-34-30-78-72-70(76)68(74)67(69(75)71(72)77)66-59-27-25-57(81-59)64(43-8-3-11-46(87)36-43)55-23-21-53(79-55)63(42-7-2-10-45(86)35-42)54-22-24-56(80-54)65(58-26-28-60(66)82-58)44-9-4-12-47(88)37-44/h2-4,7-12,14-17,21-28,35-37,40,49-51,73,78-79,82,86-88H,5-6,13,18-20,29-34,38-39H2,1H3/t40?,49-,50+,51-,73?/m0/s1. The number of aromatic hydroxyl groups is 3. The number of anilines is 1. The number of aryl methyl sites for hydroxylation is 2. The Labute approximate surface area is 551 Å². The lowest BCUT2D eigenvalue weighted by Crippen LogP contribution is -2.12. The minimum absolute atomic E-state index is 0.0269. The highest BCUT2D eigenvalue weighted by Crippen LogP contribution is 2.53. The van der Waals surface area contributed by atoms with Gasteiger partial charge >= 0.3 is 5.97 Å². The molecule has 8 bridgehead atoms. The highest BCUT2D eigenvalue weighted by molar-refractivity contribution is 8.76. The number of nitrogens with zero attached hydrogens (tertiary/aromatic N) is 5. The molecule has 0 amide bonds. The Morgan fingerprint density at radius 2 is 1.19 bits per heavy atom. The molecule has 486 valence electrons. The molecule has 16 nitrogen and oxygen atoms in total. The predicted octanol–water partition coefficient (Wildman–Crippen LogP) is 16.0. The van der Waals surface area contributed by atoms with E-state index in [1.54, 1.807) is 72.8 Å². The molecule has 14 rings (SSSR count). The van der Waals surface area contributed by atoms with E-state index in [1.165, 1.54) is 51.6 Å². The molecule has 1 saturated carbocycles. The van der Waals surface area contributed by atoms with Gasteiger partial charge in [0, 0.05) is 87.3 Å². The van der Waals surface area contributed by atoms with Gasteiger partial charge in [-0.05, 0) is 171 Å². The van der Waals surface area contributed by atoms with Gasteiger partial charge in [0.2, 0.25) is 0 Å². The van der Waals surface area contributed by atoms with Crippen molar-refractivity contribution < 1.29 is 56.6 Å². The van der Waals surface area contributed by atoms with Crippen LogP contribution in [0.1, 0.15) is 85.0 Å². The Hall–Kier alpha value is -9.35. The molecular weight excluding hydrogens is 1260 g/mol. The SMILES string of the molecule is CC1COC(c2ccc(OCCCn3nnc4c3CC[C@@H]3[C@H](CC4)[C@@H]3COC(=O)CCCSSCCNc3c(F)c(F)c(-c4c5nc(c(-c6cccc(O)c6)c6ccc([nH]6)c(-c6cccc(O)c6)c6nc(c(-c7cccc(O)c7)c7ccc4[nH]7)C=C6)C=C5)c(F)c3F)cc2)O1. The molecule has 2 fully saturated rings. The zero-order valence-corrected chi connectivity index (χ0v) is 53.2. The van der Waals surface area contributed by atoms with E-state index in [1.807, 2.05) is 60.1 Å². The van der Waals surface area contributed by atoms with Crippen LogP contribution in [0.15, 0.2) is 121 Å². The lowest BCUT2D eigenvalue weighted by molar-refractivity contribution is -0.144. The van der Waals surface area contributed by atoms with Crippen LogP contribution in [-0.4, -0.2) is 100 Å². The number of aromatic amines is 2. The average molecular weight is 1320 g/mol. The number of hydrogen-bond donors (Lipinski definition) is 6. The van der Waals surface area contributed by atoms with Gasteiger partial charge in [0.05, 0.1) is 65.7 Å². The van der Waals surface area contributed by atoms with Crippen LogP contribution in [0.4, 0.5) is 23.2 Å². The number of hydrogen-bond acceptors (Lipinski definition) is 15. The summed E-state index contributed by atoms with van der Waals surface area (Å²) in [4.78, 5) is 29.8. The first kappa shape index (κ1) is 63.1. The van der Waals surface area contributed by atoms with Crippen LogP contribution >= 0.6 is 21.6 Å². The Morgan fingerprint density at radius 3 is 1.74 bits per heavy atom. The average Bonchev–Trinajstić information content (AvgIpc) is 1.75. The second-order valence-electron chi connectivity index (χ2n) is 24.2. The Morgan fingerprint density at radius 1 is 0.653 bits per heavy atom. The van der Waals surface area contributed by atoms with Gasteiger partial charge in [0.15, 0.2) is 29.6 Å². The van der Waals surface area contributed by atoms with Gasteiger partial charge < -0.3 is 49.6 Å². The molecule has 7 heterocycles. The number of nitrogens with one attached hydrogen (secondary N) is 3. The van der Waals surface area contributed by atoms with Gasteiger partial charge in [0.1, 0.15) is 28.7 Å². The summed E-state index contributed by atoms with van der Waals surface area (Å²) >= 11 is 0. The van der Waals surface area contributed by atoms with Crippen LogP contribution in [0.5, 0.6) is 23.0 Å². The molecule has 22 heteroatoms. The van der Waals surface area contributed by atoms with Gasteiger partial charge in [0.25, 0.3) is 0 Å². The number of phenols is 3. The summed E-state index contributed by atoms with van der Waals surface area (Å²) in [5.74, 6) is -3.97. The summed E-state index contributed by atoms with van der Waals surface area (Å²) in [5, 5.41) is 43.9. The first-order valence-corrected chi connectivity index (χ1v) is 34.2.